The third kappa shape index (κ3) is 9.11. The Kier molecular flexibility index (Phi) is 12.3. The van der Waals surface area contributed by atoms with Crippen LogP contribution in [0.25, 0.3) is 0 Å². The van der Waals surface area contributed by atoms with Gasteiger partial charge in [0, 0.05) is 0 Å². The number of aliphatic hydroxyl groups excluding tert-OH is 3. The van der Waals surface area contributed by atoms with Gasteiger partial charge in [-0.05, 0) is 39.5 Å². The predicted octanol–water partition coefficient (Wildman–Crippen LogP) is 4.64. The predicted molar refractivity (Wildman–Crippen MR) is 120 cm³/mol. The number of likely N-dealkylation sites (tertiary alicyclic amines) is 1. The van der Waals surface area contributed by atoms with Crippen molar-refractivity contribution in [3.8, 4) is 0 Å². The summed E-state index contributed by atoms with van der Waals surface area (Å²) in [4.78, 5) is 13.9. The molecule has 0 aromatic carbocycles. The number of unbranched alkanes of at least 4 members (excludes halogenated alkanes) is 7. The first-order chi connectivity index (χ1) is 14.1. The molecule has 6 nitrogen and oxygen atoms in total. The fourth-order valence-corrected chi connectivity index (χ4v) is 4.15. The lowest BCUT2D eigenvalue weighted by molar-refractivity contribution is -0.131. The van der Waals surface area contributed by atoms with Crippen molar-refractivity contribution in [3.63, 3.8) is 0 Å². The first kappa shape index (κ1) is 27.2. The Bertz CT molecular complexity index is 479. The molecule has 3 N–H and O–H groups in total. The zero-order valence-corrected chi connectivity index (χ0v) is 20.0. The minimum Gasteiger partial charge on any atom is -0.444 e. The molecule has 1 aliphatic heterocycles. The fraction of sp³-hybridized carbons (Fsp3) is 0.958. The highest BCUT2D eigenvalue weighted by Gasteiger charge is 2.50. The standard InChI is InChI=1S/C24H47NO5/c1-6-18(2)21(27)16-14-12-10-8-7-9-11-13-15-19-22(28)20(17-26)25(19)23(29)30-24(3,4)5/h18-22,26-28H,6-17H2,1-5H3/t18-,19-,20-,21-,22+/m0/s1. The van der Waals surface area contributed by atoms with Crippen molar-refractivity contribution in [2.75, 3.05) is 6.61 Å². The maximum atomic E-state index is 12.4. The molecule has 0 aromatic rings. The average molecular weight is 430 g/mol. The van der Waals surface area contributed by atoms with Gasteiger partial charge < -0.3 is 20.1 Å². The monoisotopic (exact) mass is 429 g/mol. The molecule has 30 heavy (non-hydrogen) atoms. The zero-order valence-electron chi connectivity index (χ0n) is 20.0. The quantitative estimate of drug-likeness (QED) is 0.350. The number of ether oxygens (including phenoxy) is 1. The summed E-state index contributed by atoms with van der Waals surface area (Å²) >= 11 is 0. The molecule has 1 aliphatic rings. The third-order valence-electron chi connectivity index (χ3n) is 6.35. The molecule has 0 radical (unpaired) electrons. The Morgan fingerprint density at radius 2 is 1.53 bits per heavy atom. The molecule has 0 spiro atoms. The van der Waals surface area contributed by atoms with Crippen LogP contribution in [0.1, 0.15) is 105 Å². The van der Waals surface area contributed by atoms with Crippen molar-refractivity contribution in [2.45, 2.75) is 135 Å². The molecule has 178 valence electrons. The van der Waals surface area contributed by atoms with Crippen LogP contribution in [0, 0.1) is 5.92 Å². The van der Waals surface area contributed by atoms with Gasteiger partial charge in [0.25, 0.3) is 0 Å². The number of hydrogen-bond acceptors (Lipinski definition) is 5. The van der Waals surface area contributed by atoms with Gasteiger partial charge in [0.15, 0.2) is 0 Å². The van der Waals surface area contributed by atoms with E-state index in [0.29, 0.717) is 5.92 Å². The summed E-state index contributed by atoms with van der Waals surface area (Å²) in [6, 6.07) is -0.808. The minimum absolute atomic E-state index is 0.150. The molecule has 1 fully saturated rings. The number of carbonyl (C=O) groups is 1. The van der Waals surface area contributed by atoms with Crippen molar-refractivity contribution in [2.24, 2.45) is 5.92 Å². The SMILES string of the molecule is CC[C@H](C)[C@@H](O)CCCCCCCCCC[C@H]1[C@@H](O)[C@H](CO)N1C(=O)OC(C)(C)C. The molecule has 0 aliphatic carbocycles. The summed E-state index contributed by atoms with van der Waals surface area (Å²) in [7, 11) is 0. The van der Waals surface area contributed by atoms with Crippen molar-refractivity contribution in [1.82, 2.24) is 4.90 Å². The molecular weight excluding hydrogens is 382 g/mol. The highest BCUT2D eigenvalue weighted by Crippen LogP contribution is 2.32. The van der Waals surface area contributed by atoms with E-state index in [-0.39, 0.29) is 18.8 Å². The summed E-state index contributed by atoms with van der Waals surface area (Å²) in [6.07, 6.45) is 10.6. The minimum atomic E-state index is -0.673. The van der Waals surface area contributed by atoms with Gasteiger partial charge in [0.05, 0.1) is 30.9 Å². The molecule has 0 bridgehead atoms. The first-order valence-electron chi connectivity index (χ1n) is 12.1. The number of aliphatic hydroxyl groups is 3. The Morgan fingerprint density at radius 1 is 1.00 bits per heavy atom. The van der Waals surface area contributed by atoms with E-state index in [1.54, 1.807) is 0 Å². The summed E-state index contributed by atoms with van der Waals surface area (Å²) in [5.74, 6) is 0.401. The second-order valence-corrected chi connectivity index (χ2v) is 10.1. The molecule has 1 amide bonds. The topological polar surface area (TPSA) is 90.2 Å². The number of rotatable bonds is 14. The lowest BCUT2D eigenvalue weighted by Gasteiger charge is -2.51. The van der Waals surface area contributed by atoms with Gasteiger partial charge in [-0.1, -0.05) is 71.6 Å². The van der Waals surface area contributed by atoms with E-state index in [0.717, 1.165) is 44.9 Å². The number of nitrogens with zero attached hydrogens (tertiary/aromatic N) is 1. The van der Waals surface area contributed by atoms with Crippen molar-refractivity contribution in [3.05, 3.63) is 0 Å². The lowest BCUT2D eigenvalue weighted by Crippen LogP contribution is -2.71. The van der Waals surface area contributed by atoms with Gasteiger partial charge in [-0.2, -0.15) is 0 Å². The number of amides is 1. The largest absolute Gasteiger partial charge is 0.444 e. The van der Waals surface area contributed by atoms with Gasteiger partial charge in [0.2, 0.25) is 0 Å². The maximum Gasteiger partial charge on any atom is 0.411 e. The van der Waals surface area contributed by atoms with Gasteiger partial charge >= 0.3 is 6.09 Å². The summed E-state index contributed by atoms with van der Waals surface area (Å²) < 4.78 is 5.43. The van der Waals surface area contributed by atoms with E-state index in [4.69, 9.17) is 4.74 Å². The molecule has 0 saturated carbocycles. The van der Waals surface area contributed by atoms with E-state index in [9.17, 15) is 20.1 Å². The molecule has 0 unspecified atom stereocenters. The molecule has 6 heteroatoms. The Morgan fingerprint density at radius 3 is 2.03 bits per heavy atom. The second-order valence-electron chi connectivity index (χ2n) is 10.1. The van der Waals surface area contributed by atoms with Crippen LogP contribution in [0.15, 0.2) is 0 Å². The Hall–Kier alpha value is -0.850. The van der Waals surface area contributed by atoms with Crippen LogP contribution in [0.4, 0.5) is 4.79 Å². The molecule has 0 aromatic heterocycles. The highest BCUT2D eigenvalue weighted by molar-refractivity contribution is 5.70. The van der Waals surface area contributed by atoms with E-state index >= 15 is 0 Å². The van der Waals surface area contributed by atoms with Crippen molar-refractivity contribution < 1.29 is 24.9 Å². The van der Waals surface area contributed by atoms with Crippen molar-refractivity contribution in [1.29, 1.82) is 0 Å². The van der Waals surface area contributed by atoms with Crippen LogP contribution in [0.3, 0.4) is 0 Å². The van der Waals surface area contributed by atoms with E-state index in [1.165, 1.54) is 30.6 Å². The Balaban J connectivity index is 2.14. The van der Waals surface area contributed by atoms with Gasteiger partial charge in [-0.25, -0.2) is 4.79 Å². The van der Waals surface area contributed by atoms with Crippen LogP contribution in [0.2, 0.25) is 0 Å². The average Bonchev–Trinajstić information content (AvgIpc) is 2.67. The summed E-state index contributed by atoms with van der Waals surface area (Å²) in [5, 5.41) is 29.7. The molecular formula is C24H47NO5. The second kappa shape index (κ2) is 13.5. The van der Waals surface area contributed by atoms with Crippen LogP contribution in [-0.4, -0.2) is 62.8 Å². The van der Waals surface area contributed by atoms with Crippen LogP contribution < -0.4 is 0 Å². The summed E-state index contributed by atoms with van der Waals surface area (Å²) in [5.41, 5.74) is -0.589. The third-order valence-corrected chi connectivity index (χ3v) is 6.35. The smallest absolute Gasteiger partial charge is 0.411 e. The van der Waals surface area contributed by atoms with Crippen molar-refractivity contribution >= 4 is 6.09 Å². The van der Waals surface area contributed by atoms with Crippen LogP contribution >= 0.6 is 0 Å². The lowest BCUT2D eigenvalue weighted by atomic mass is 9.86. The molecule has 5 atom stereocenters. The van der Waals surface area contributed by atoms with Gasteiger partial charge in [0.1, 0.15) is 5.60 Å². The van der Waals surface area contributed by atoms with E-state index in [2.05, 4.69) is 13.8 Å². The highest BCUT2D eigenvalue weighted by atomic mass is 16.6. The van der Waals surface area contributed by atoms with Gasteiger partial charge in [-0.3, -0.25) is 4.90 Å². The molecule has 1 rings (SSSR count). The number of carbonyl (C=O) groups excluding carboxylic acids is 1. The van der Waals surface area contributed by atoms with E-state index < -0.39 is 23.8 Å². The molecule has 1 heterocycles. The Labute approximate surface area is 184 Å². The van der Waals surface area contributed by atoms with Crippen LogP contribution in [-0.2, 0) is 4.74 Å². The van der Waals surface area contributed by atoms with Crippen LogP contribution in [0.5, 0.6) is 0 Å². The first-order valence-corrected chi connectivity index (χ1v) is 12.1. The van der Waals surface area contributed by atoms with Gasteiger partial charge in [-0.15, -0.1) is 0 Å². The maximum absolute atomic E-state index is 12.4. The number of hydrogen-bond donors (Lipinski definition) is 3. The fourth-order valence-electron chi connectivity index (χ4n) is 4.15. The van der Waals surface area contributed by atoms with E-state index in [1.807, 2.05) is 20.8 Å². The summed E-state index contributed by atoms with van der Waals surface area (Å²) in [6.45, 7) is 9.45. The zero-order chi connectivity index (χ0) is 22.7. The molecule has 1 saturated heterocycles. The normalized spacial score (nSPS) is 23.7.